The summed E-state index contributed by atoms with van der Waals surface area (Å²) in [5.41, 5.74) is 2.84. The number of hydrogen-bond acceptors (Lipinski definition) is 3. The second-order valence-corrected chi connectivity index (χ2v) is 7.82. The molecule has 1 heterocycles. The predicted molar refractivity (Wildman–Crippen MR) is 97.7 cm³/mol. The van der Waals surface area contributed by atoms with Crippen LogP contribution in [0.2, 0.25) is 0 Å². The Labute approximate surface area is 148 Å². The molecule has 0 saturated heterocycles. The molecule has 2 aromatic carbocycles. The largest absolute Gasteiger partial charge is 0.336 e. The molecule has 6 heteroatoms. The van der Waals surface area contributed by atoms with Crippen molar-refractivity contribution in [1.29, 1.82) is 0 Å². The van der Waals surface area contributed by atoms with Gasteiger partial charge >= 0.3 is 0 Å². The minimum atomic E-state index is -3.69. The average molecular weight is 355 g/mol. The summed E-state index contributed by atoms with van der Waals surface area (Å²) in [6.45, 7) is 3.86. The number of imidazole rings is 1. The van der Waals surface area contributed by atoms with Crippen molar-refractivity contribution in [3.8, 4) is 0 Å². The van der Waals surface area contributed by atoms with E-state index in [-0.39, 0.29) is 4.90 Å². The second kappa shape index (κ2) is 6.82. The molecule has 0 spiro atoms. The van der Waals surface area contributed by atoms with Gasteiger partial charge in [-0.1, -0.05) is 36.4 Å². The Balaban J connectivity index is 2.03. The number of nitrogens with zero attached hydrogens (tertiary/aromatic N) is 2. The highest BCUT2D eigenvalue weighted by molar-refractivity contribution is 7.89. The fourth-order valence-electron chi connectivity index (χ4n) is 2.67. The van der Waals surface area contributed by atoms with Crippen LogP contribution in [0.25, 0.3) is 0 Å². The van der Waals surface area contributed by atoms with E-state index in [0.717, 1.165) is 16.7 Å². The van der Waals surface area contributed by atoms with Crippen LogP contribution in [-0.4, -0.2) is 18.0 Å². The smallest absolute Gasteiger partial charge is 0.241 e. The highest BCUT2D eigenvalue weighted by Gasteiger charge is 2.25. The number of rotatable bonds is 5. The Hall–Kier alpha value is -2.44. The Kier molecular flexibility index (Phi) is 4.74. The molecule has 1 atom stereocenters. The first-order chi connectivity index (χ1) is 11.9. The van der Waals surface area contributed by atoms with E-state index >= 15 is 0 Å². The lowest BCUT2D eigenvalue weighted by Crippen LogP contribution is -2.31. The number of aryl methyl sites for hydroxylation is 3. The number of nitrogens with one attached hydrogen (secondary N) is 1. The maximum atomic E-state index is 12.9. The quantitative estimate of drug-likeness (QED) is 0.765. The highest BCUT2D eigenvalue weighted by Crippen LogP contribution is 2.24. The van der Waals surface area contributed by atoms with Gasteiger partial charge in [-0.25, -0.2) is 13.4 Å². The van der Waals surface area contributed by atoms with Gasteiger partial charge in [-0.05, 0) is 42.7 Å². The lowest BCUT2D eigenvalue weighted by Gasteiger charge is -2.19. The van der Waals surface area contributed by atoms with E-state index in [4.69, 9.17) is 0 Å². The van der Waals surface area contributed by atoms with Gasteiger partial charge < -0.3 is 4.57 Å². The predicted octanol–water partition coefficient (Wildman–Crippen LogP) is 3.10. The summed E-state index contributed by atoms with van der Waals surface area (Å²) in [6.07, 6.45) is 3.46. The molecule has 1 aromatic heterocycles. The van der Waals surface area contributed by atoms with Crippen LogP contribution in [0.1, 0.15) is 28.6 Å². The molecule has 1 N–H and O–H groups in total. The van der Waals surface area contributed by atoms with Crippen molar-refractivity contribution in [2.24, 2.45) is 7.05 Å². The molecule has 0 radical (unpaired) electrons. The van der Waals surface area contributed by atoms with Crippen molar-refractivity contribution in [3.63, 3.8) is 0 Å². The number of benzene rings is 2. The zero-order valence-electron chi connectivity index (χ0n) is 14.5. The summed E-state index contributed by atoms with van der Waals surface area (Å²) in [7, 11) is -1.84. The molecule has 0 fully saturated rings. The topological polar surface area (TPSA) is 64.0 Å². The van der Waals surface area contributed by atoms with Gasteiger partial charge in [-0.3, -0.25) is 0 Å². The van der Waals surface area contributed by atoms with Crippen LogP contribution in [0.15, 0.2) is 65.8 Å². The van der Waals surface area contributed by atoms with E-state index in [9.17, 15) is 8.42 Å². The fraction of sp³-hybridized carbons (Fsp3) is 0.211. The molecular weight excluding hydrogens is 334 g/mol. The number of sulfonamides is 1. The first-order valence-corrected chi connectivity index (χ1v) is 9.48. The van der Waals surface area contributed by atoms with Gasteiger partial charge in [0.25, 0.3) is 0 Å². The summed E-state index contributed by atoms with van der Waals surface area (Å²) in [6, 6.07) is 14.0. The summed E-state index contributed by atoms with van der Waals surface area (Å²) in [5, 5.41) is 0. The lowest BCUT2D eigenvalue weighted by molar-refractivity contribution is 0.562. The van der Waals surface area contributed by atoms with E-state index in [1.807, 2.05) is 61.9 Å². The van der Waals surface area contributed by atoms with Gasteiger partial charge in [-0.2, -0.15) is 4.72 Å². The summed E-state index contributed by atoms with van der Waals surface area (Å²) in [5.74, 6) is 0.638. The van der Waals surface area contributed by atoms with Crippen molar-refractivity contribution >= 4 is 10.0 Å². The van der Waals surface area contributed by atoms with Crippen LogP contribution >= 0.6 is 0 Å². The van der Waals surface area contributed by atoms with Crippen molar-refractivity contribution in [1.82, 2.24) is 14.3 Å². The molecule has 0 saturated carbocycles. The van der Waals surface area contributed by atoms with E-state index in [1.54, 1.807) is 24.5 Å². The van der Waals surface area contributed by atoms with E-state index in [1.165, 1.54) is 0 Å². The van der Waals surface area contributed by atoms with Gasteiger partial charge in [0.05, 0.1) is 4.90 Å². The second-order valence-electron chi connectivity index (χ2n) is 6.11. The van der Waals surface area contributed by atoms with Crippen molar-refractivity contribution < 1.29 is 8.42 Å². The van der Waals surface area contributed by atoms with Crippen molar-refractivity contribution in [2.75, 3.05) is 0 Å². The zero-order chi connectivity index (χ0) is 18.0. The van der Waals surface area contributed by atoms with Crippen LogP contribution in [0.5, 0.6) is 0 Å². The molecule has 0 amide bonds. The molecule has 130 valence electrons. The third kappa shape index (κ3) is 3.65. The Morgan fingerprint density at radius 2 is 1.76 bits per heavy atom. The minimum Gasteiger partial charge on any atom is -0.336 e. The number of hydrogen-bond donors (Lipinski definition) is 1. The summed E-state index contributed by atoms with van der Waals surface area (Å²) >= 11 is 0. The van der Waals surface area contributed by atoms with E-state index in [0.29, 0.717) is 5.82 Å². The molecule has 5 nitrogen and oxygen atoms in total. The standard InChI is InChI=1S/C19H21N3O2S/c1-14-9-10-17(13-15(14)2)25(23,24)21-18(16-7-5-4-6-8-16)19-20-11-12-22(19)3/h4-13,18,21H,1-3H3/t18-/m0/s1. The van der Waals surface area contributed by atoms with Gasteiger partial charge in [0.15, 0.2) is 0 Å². The summed E-state index contributed by atoms with van der Waals surface area (Å²) < 4.78 is 30.5. The highest BCUT2D eigenvalue weighted by atomic mass is 32.2. The first-order valence-electron chi connectivity index (χ1n) is 8.00. The maximum Gasteiger partial charge on any atom is 0.241 e. The van der Waals surface area contributed by atoms with Crippen LogP contribution in [0.4, 0.5) is 0 Å². The van der Waals surface area contributed by atoms with Gasteiger partial charge in [0.1, 0.15) is 11.9 Å². The van der Waals surface area contributed by atoms with Gasteiger partial charge in [0.2, 0.25) is 10.0 Å². The SMILES string of the molecule is Cc1ccc(S(=O)(=O)N[C@@H](c2ccccc2)c2nccn2C)cc1C. The molecule has 0 unspecified atom stereocenters. The molecule has 25 heavy (non-hydrogen) atoms. The molecule has 0 aliphatic heterocycles. The monoisotopic (exact) mass is 355 g/mol. The van der Waals surface area contributed by atoms with Crippen LogP contribution in [0.3, 0.4) is 0 Å². The maximum absolute atomic E-state index is 12.9. The minimum absolute atomic E-state index is 0.255. The Bertz CT molecular complexity index is 979. The third-order valence-corrected chi connectivity index (χ3v) is 5.73. The van der Waals surface area contributed by atoms with Crippen LogP contribution < -0.4 is 4.72 Å². The summed E-state index contributed by atoms with van der Waals surface area (Å²) in [4.78, 5) is 4.59. The zero-order valence-corrected chi connectivity index (χ0v) is 15.3. The number of aromatic nitrogens is 2. The Morgan fingerprint density at radius 1 is 1.04 bits per heavy atom. The van der Waals surface area contributed by atoms with Gasteiger partial charge in [-0.15, -0.1) is 0 Å². The molecule has 0 aliphatic carbocycles. The molecular formula is C19H21N3O2S. The van der Waals surface area contributed by atoms with E-state index in [2.05, 4.69) is 9.71 Å². The lowest BCUT2D eigenvalue weighted by atomic mass is 10.1. The molecule has 0 bridgehead atoms. The molecule has 3 aromatic rings. The molecule has 3 rings (SSSR count). The van der Waals surface area contributed by atoms with Crippen LogP contribution in [0, 0.1) is 13.8 Å². The van der Waals surface area contributed by atoms with Crippen molar-refractivity contribution in [2.45, 2.75) is 24.8 Å². The third-order valence-electron chi connectivity index (χ3n) is 4.31. The average Bonchev–Trinajstić information content (AvgIpc) is 3.02. The normalized spacial score (nSPS) is 12.9. The van der Waals surface area contributed by atoms with Crippen LogP contribution in [-0.2, 0) is 17.1 Å². The fourth-order valence-corrected chi connectivity index (χ4v) is 3.94. The Morgan fingerprint density at radius 3 is 2.36 bits per heavy atom. The van der Waals surface area contributed by atoms with Gasteiger partial charge in [0, 0.05) is 19.4 Å². The van der Waals surface area contributed by atoms with E-state index < -0.39 is 16.1 Å². The molecule has 0 aliphatic rings. The first kappa shape index (κ1) is 17.4. The van der Waals surface area contributed by atoms with Crippen molar-refractivity contribution in [3.05, 3.63) is 83.4 Å².